The third kappa shape index (κ3) is 5.42. The molecule has 1 fully saturated rings. The molecule has 1 aliphatic rings. The Bertz CT molecular complexity index is 743. The molecule has 1 aromatic heterocycles. The smallest absolute Gasteiger partial charge is 0.130 e. The maximum atomic E-state index is 5.88. The topological polar surface area (TPSA) is 56.7 Å². The first kappa shape index (κ1) is 20.6. The lowest BCUT2D eigenvalue weighted by molar-refractivity contribution is 0.0675. The van der Waals surface area contributed by atoms with Crippen molar-refractivity contribution in [3.63, 3.8) is 0 Å². The van der Waals surface area contributed by atoms with Gasteiger partial charge in [-0.3, -0.25) is 4.90 Å². The van der Waals surface area contributed by atoms with Crippen molar-refractivity contribution < 1.29 is 14.2 Å². The van der Waals surface area contributed by atoms with Crippen LogP contribution in [-0.2, 0) is 17.8 Å². The Kier molecular flexibility index (Phi) is 7.23. The van der Waals surface area contributed by atoms with Gasteiger partial charge in [0.2, 0.25) is 0 Å². The van der Waals surface area contributed by atoms with Crippen LogP contribution in [0.25, 0.3) is 0 Å². The number of hydrogen-bond donors (Lipinski definition) is 0. The van der Waals surface area contributed by atoms with Gasteiger partial charge in [0.15, 0.2) is 0 Å². The molecule has 2 heterocycles. The molecule has 1 aromatic carbocycles. The monoisotopic (exact) mass is 385 g/mol. The Labute approximate surface area is 167 Å². The van der Waals surface area contributed by atoms with Crippen LogP contribution in [0, 0.1) is 0 Å². The van der Waals surface area contributed by atoms with Crippen molar-refractivity contribution in [3.05, 3.63) is 47.5 Å². The molecule has 1 saturated heterocycles. The van der Waals surface area contributed by atoms with E-state index in [0.29, 0.717) is 5.92 Å². The van der Waals surface area contributed by atoms with Crippen LogP contribution in [0.15, 0.2) is 30.6 Å². The molecule has 6 nitrogen and oxygen atoms in total. The summed E-state index contributed by atoms with van der Waals surface area (Å²) in [7, 11) is 3.36. The molecular weight excluding hydrogens is 354 g/mol. The lowest BCUT2D eigenvalue weighted by Crippen LogP contribution is -2.31. The fraction of sp³-hybridized carbons (Fsp3) is 0.545. The van der Waals surface area contributed by atoms with Gasteiger partial charge in [-0.2, -0.15) is 0 Å². The summed E-state index contributed by atoms with van der Waals surface area (Å²) in [5.41, 5.74) is 2.23. The molecule has 2 aromatic rings. The van der Waals surface area contributed by atoms with E-state index in [2.05, 4.69) is 34.8 Å². The van der Waals surface area contributed by atoms with Gasteiger partial charge in [0.1, 0.15) is 17.3 Å². The van der Waals surface area contributed by atoms with Crippen LogP contribution in [0.3, 0.4) is 0 Å². The van der Waals surface area contributed by atoms with E-state index >= 15 is 0 Å². The highest BCUT2D eigenvalue weighted by molar-refractivity contribution is 5.40. The number of nitrogens with zero attached hydrogens (tertiary/aromatic N) is 3. The highest BCUT2D eigenvalue weighted by Gasteiger charge is 2.21. The standard InChI is InChI=1S/C22H31N3O3/c1-16(2)22-23-11-17(12-24-22)13-25(15-20-6-5-9-28-20)14-18-7-8-19(26-3)10-21(18)27-4/h7-8,10-12,16,20H,5-6,9,13-15H2,1-4H3. The lowest BCUT2D eigenvalue weighted by atomic mass is 10.1. The Morgan fingerprint density at radius 1 is 1.14 bits per heavy atom. The van der Waals surface area contributed by atoms with E-state index in [9.17, 15) is 0 Å². The van der Waals surface area contributed by atoms with Crippen LogP contribution >= 0.6 is 0 Å². The SMILES string of the molecule is COc1ccc(CN(Cc2cnc(C(C)C)nc2)CC2CCCO2)c(OC)c1. The van der Waals surface area contributed by atoms with Crippen LogP contribution < -0.4 is 9.47 Å². The summed E-state index contributed by atoms with van der Waals surface area (Å²) in [5.74, 6) is 2.85. The molecular formula is C22H31N3O3. The third-order valence-corrected chi connectivity index (χ3v) is 5.02. The van der Waals surface area contributed by atoms with E-state index < -0.39 is 0 Å². The van der Waals surface area contributed by atoms with Gasteiger partial charge in [-0.1, -0.05) is 19.9 Å². The van der Waals surface area contributed by atoms with Gasteiger partial charge in [0.05, 0.1) is 20.3 Å². The van der Waals surface area contributed by atoms with Gasteiger partial charge in [-0.25, -0.2) is 9.97 Å². The molecule has 0 amide bonds. The van der Waals surface area contributed by atoms with Crippen LogP contribution in [0.1, 0.15) is 49.6 Å². The van der Waals surface area contributed by atoms with Crippen molar-refractivity contribution >= 4 is 0 Å². The average Bonchev–Trinajstić information content (AvgIpc) is 3.21. The molecule has 28 heavy (non-hydrogen) atoms. The van der Waals surface area contributed by atoms with E-state index in [1.54, 1.807) is 14.2 Å². The summed E-state index contributed by atoms with van der Waals surface area (Å²) in [6.07, 6.45) is 6.40. The van der Waals surface area contributed by atoms with E-state index in [-0.39, 0.29) is 6.10 Å². The quantitative estimate of drug-likeness (QED) is 0.654. The molecule has 0 N–H and O–H groups in total. The molecule has 0 bridgehead atoms. The van der Waals surface area contributed by atoms with Crippen molar-refractivity contribution in [1.82, 2.24) is 14.9 Å². The first-order valence-electron chi connectivity index (χ1n) is 9.94. The molecule has 0 aliphatic carbocycles. The van der Waals surface area contributed by atoms with Gasteiger partial charge in [0, 0.05) is 61.7 Å². The third-order valence-electron chi connectivity index (χ3n) is 5.02. The van der Waals surface area contributed by atoms with E-state index in [0.717, 1.165) is 67.5 Å². The summed E-state index contributed by atoms with van der Waals surface area (Å²) in [4.78, 5) is 11.4. The van der Waals surface area contributed by atoms with Crippen molar-refractivity contribution in [2.24, 2.45) is 0 Å². The second-order valence-electron chi connectivity index (χ2n) is 7.59. The minimum absolute atomic E-state index is 0.278. The molecule has 1 unspecified atom stereocenters. The Balaban J connectivity index is 1.76. The Morgan fingerprint density at radius 3 is 2.54 bits per heavy atom. The van der Waals surface area contributed by atoms with Crippen molar-refractivity contribution in [2.75, 3.05) is 27.4 Å². The molecule has 1 aliphatic heterocycles. The number of hydrogen-bond acceptors (Lipinski definition) is 6. The van der Waals surface area contributed by atoms with E-state index in [1.807, 2.05) is 24.5 Å². The van der Waals surface area contributed by atoms with Crippen LogP contribution in [-0.4, -0.2) is 48.3 Å². The van der Waals surface area contributed by atoms with Crippen molar-refractivity contribution in [3.8, 4) is 11.5 Å². The number of methoxy groups -OCH3 is 2. The second-order valence-corrected chi connectivity index (χ2v) is 7.59. The van der Waals surface area contributed by atoms with Gasteiger partial charge in [-0.05, 0) is 18.9 Å². The summed E-state index contributed by atoms with van der Waals surface area (Å²) < 4.78 is 16.8. The summed E-state index contributed by atoms with van der Waals surface area (Å²) in [5, 5.41) is 0. The molecule has 0 spiro atoms. The number of benzene rings is 1. The Morgan fingerprint density at radius 2 is 1.93 bits per heavy atom. The fourth-order valence-corrected chi connectivity index (χ4v) is 3.49. The zero-order chi connectivity index (χ0) is 19.9. The maximum absolute atomic E-state index is 5.88. The lowest BCUT2D eigenvalue weighted by Gasteiger charge is -2.26. The van der Waals surface area contributed by atoms with Crippen LogP contribution in [0.4, 0.5) is 0 Å². The first-order valence-corrected chi connectivity index (χ1v) is 9.94. The normalized spacial score (nSPS) is 16.7. The predicted molar refractivity (Wildman–Crippen MR) is 109 cm³/mol. The van der Waals surface area contributed by atoms with Gasteiger partial charge in [-0.15, -0.1) is 0 Å². The molecule has 0 radical (unpaired) electrons. The molecule has 3 rings (SSSR count). The number of aromatic nitrogens is 2. The van der Waals surface area contributed by atoms with Gasteiger partial charge < -0.3 is 14.2 Å². The number of ether oxygens (including phenoxy) is 3. The van der Waals surface area contributed by atoms with Crippen LogP contribution in [0.5, 0.6) is 11.5 Å². The van der Waals surface area contributed by atoms with Crippen molar-refractivity contribution in [2.45, 2.75) is 51.8 Å². The number of rotatable bonds is 9. The van der Waals surface area contributed by atoms with Crippen molar-refractivity contribution in [1.29, 1.82) is 0 Å². The maximum Gasteiger partial charge on any atom is 0.130 e. The zero-order valence-electron chi connectivity index (χ0n) is 17.4. The highest BCUT2D eigenvalue weighted by Crippen LogP contribution is 2.27. The fourth-order valence-electron chi connectivity index (χ4n) is 3.49. The van der Waals surface area contributed by atoms with Crippen LogP contribution in [0.2, 0.25) is 0 Å². The summed E-state index contributed by atoms with van der Waals surface area (Å²) in [6.45, 7) is 7.48. The average molecular weight is 386 g/mol. The largest absolute Gasteiger partial charge is 0.497 e. The first-order chi connectivity index (χ1) is 13.6. The second kappa shape index (κ2) is 9.85. The van der Waals surface area contributed by atoms with Gasteiger partial charge in [0.25, 0.3) is 0 Å². The van der Waals surface area contributed by atoms with Gasteiger partial charge >= 0.3 is 0 Å². The van der Waals surface area contributed by atoms with E-state index in [4.69, 9.17) is 14.2 Å². The molecule has 1 atom stereocenters. The summed E-state index contributed by atoms with van der Waals surface area (Å²) in [6, 6.07) is 5.97. The molecule has 6 heteroatoms. The molecule has 152 valence electrons. The summed E-state index contributed by atoms with van der Waals surface area (Å²) >= 11 is 0. The predicted octanol–water partition coefficient (Wildman–Crippen LogP) is 3.80. The Hall–Kier alpha value is -2.18. The zero-order valence-corrected chi connectivity index (χ0v) is 17.4. The minimum Gasteiger partial charge on any atom is -0.497 e. The minimum atomic E-state index is 0.278. The molecule has 0 saturated carbocycles. The highest BCUT2D eigenvalue weighted by atomic mass is 16.5. The van der Waals surface area contributed by atoms with E-state index in [1.165, 1.54) is 0 Å².